The molecule has 1 aliphatic carbocycles. The number of hydrogen-bond acceptors (Lipinski definition) is 6. The quantitative estimate of drug-likeness (QED) is 0.755. The van der Waals surface area contributed by atoms with Gasteiger partial charge in [0.25, 0.3) is 5.91 Å². The third-order valence-corrected chi connectivity index (χ3v) is 4.96. The number of thiophene rings is 1. The molecule has 1 fully saturated rings. The maximum absolute atomic E-state index is 12.5. The van der Waals surface area contributed by atoms with Gasteiger partial charge in [-0.1, -0.05) is 6.07 Å². The molecule has 1 saturated carbocycles. The van der Waals surface area contributed by atoms with Gasteiger partial charge in [0.1, 0.15) is 0 Å². The van der Waals surface area contributed by atoms with Gasteiger partial charge in [-0.25, -0.2) is 9.97 Å². The fourth-order valence-electron chi connectivity index (χ4n) is 2.71. The van der Waals surface area contributed by atoms with Crippen LogP contribution in [0.3, 0.4) is 0 Å². The van der Waals surface area contributed by atoms with Crippen molar-refractivity contribution in [3.8, 4) is 0 Å². The average Bonchev–Trinajstić information content (AvgIpc) is 3.05. The van der Waals surface area contributed by atoms with Crippen molar-refractivity contribution in [2.45, 2.75) is 31.9 Å². The van der Waals surface area contributed by atoms with Crippen LogP contribution in [0.15, 0.2) is 29.9 Å². The molecule has 1 atom stereocenters. The van der Waals surface area contributed by atoms with Gasteiger partial charge in [-0.3, -0.25) is 4.79 Å². The Morgan fingerprint density at radius 1 is 1.43 bits per heavy atom. The normalized spacial score (nSPS) is 21.3. The largest absolute Gasteiger partial charge is 0.393 e. The van der Waals surface area contributed by atoms with Crippen LogP contribution in [-0.4, -0.2) is 33.6 Å². The highest BCUT2D eigenvalue weighted by Crippen LogP contribution is 2.39. The van der Waals surface area contributed by atoms with E-state index in [1.165, 1.54) is 12.4 Å². The predicted octanol–water partition coefficient (Wildman–Crippen LogP) is 2.21. The molecule has 0 saturated heterocycles. The summed E-state index contributed by atoms with van der Waals surface area (Å²) in [5.74, 6) is 0.600. The molecule has 0 spiro atoms. The lowest BCUT2D eigenvalue weighted by Crippen LogP contribution is -2.41. The molecule has 7 heteroatoms. The van der Waals surface area contributed by atoms with E-state index in [0.29, 0.717) is 11.5 Å². The molecule has 23 heavy (non-hydrogen) atoms. The lowest BCUT2D eigenvalue weighted by molar-refractivity contribution is 0.0241. The van der Waals surface area contributed by atoms with E-state index in [1.54, 1.807) is 11.3 Å². The van der Waals surface area contributed by atoms with Crippen molar-refractivity contribution in [1.82, 2.24) is 15.3 Å². The Kier molecular flexibility index (Phi) is 4.88. The Morgan fingerprint density at radius 2 is 2.17 bits per heavy atom. The number of anilines is 1. The molecule has 122 valence electrons. The van der Waals surface area contributed by atoms with Crippen LogP contribution in [0.2, 0.25) is 0 Å². The number of carbonyl (C=O) groups is 1. The van der Waals surface area contributed by atoms with E-state index in [9.17, 15) is 9.90 Å². The molecule has 1 aliphatic rings. The van der Waals surface area contributed by atoms with Gasteiger partial charge in [-0.2, -0.15) is 0 Å². The van der Waals surface area contributed by atoms with Crippen LogP contribution in [0.25, 0.3) is 0 Å². The lowest BCUT2D eigenvalue weighted by atomic mass is 9.76. The summed E-state index contributed by atoms with van der Waals surface area (Å²) in [5.41, 5.74) is 0.438. The first kappa shape index (κ1) is 15.9. The number of aliphatic hydroxyl groups is 1. The molecule has 3 N–H and O–H groups in total. The highest BCUT2D eigenvalue weighted by atomic mass is 32.1. The van der Waals surface area contributed by atoms with E-state index >= 15 is 0 Å². The van der Waals surface area contributed by atoms with Crippen LogP contribution in [0.1, 0.15) is 41.0 Å². The second-order valence-corrected chi connectivity index (χ2v) is 6.66. The Balaban J connectivity index is 1.70. The Bertz CT molecular complexity index is 639. The maximum atomic E-state index is 12.5. The van der Waals surface area contributed by atoms with Crippen molar-refractivity contribution in [1.29, 1.82) is 0 Å². The number of rotatable bonds is 6. The van der Waals surface area contributed by atoms with E-state index in [1.807, 2.05) is 24.4 Å². The molecular formula is C16H20N4O2S. The van der Waals surface area contributed by atoms with Gasteiger partial charge in [0.05, 0.1) is 17.7 Å². The molecule has 2 aromatic heterocycles. The summed E-state index contributed by atoms with van der Waals surface area (Å²) >= 11 is 1.62. The fraction of sp³-hybridized carbons (Fsp3) is 0.438. The number of amides is 1. The van der Waals surface area contributed by atoms with E-state index in [2.05, 4.69) is 20.6 Å². The first-order valence-corrected chi connectivity index (χ1v) is 8.63. The number of nitrogens with zero attached hydrogens (tertiary/aromatic N) is 2. The Labute approximate surface area is 139 Å². The summed E-state index contributed by atoms with van der Waals surface area (Å²) < 4.78 is 0. The van der Waals surface area contributed by atoms with Gasteiger partial charge >= 0.3 is 0 Å². The molecular weight excluding hydrogens is 312 g/mol. The van der Waals surface area contributed by atoms with Crippen LogP contribution in [-0.2, 0) is 0 Å². The van der Waals surface area contributed by atoms with Crippen molar-refractivity contribution in [3.05, 3.63) is 40.3 Å². The number of aliphatic hydroxyl groups excluding tert-OH is 1. The topological polar surface area (TPSA) is 87.1 Å². The number of carbonyl (C=O) groups excluding carboxylic acids is 1. The minimum absolute atomic E-state index is 0.0701. The van der Waals surface area contributed by atoms with Gasteiger partial charge in [0, 0.05) is 23.8 Å². The SMILES string of the molecule is CCNc1ncc(C(=O)N[C@H](c2cccs2)C2CC(O)C2)cn1. The number of hydrogen-bond donors (Lipinski definition) is 3. The van der Waals surface area contributed by atoms with E-state index < -0.39 is 0 Å². The van der Waals surface area contributed by atoms with Crippen molar-refractivity contribution in [3.63, 3.8) is 0 Å². The van der Waals surface area contributed by atoms with Gasteiger partial charge in [0.2, 0.25) is 5.95 Å². The molecule has 0 bridgehead atoms. The minimum Gasteiger partial charge on any atom is -0.393 e. The summed E-state index contributed by atoms with van der Waals surface area (Å²) in [6.45, 7) is 2.69. The van der Waals surface area contributed by atoms with Crippen molar-refractivity contribution in [2.24, 2.45) is 5.92 Å². The highest BCUT2D eigenvalue weighted by molar-refractivity contribution is 7.10. The van der Waals surface area contributed by atoms with Gasteiger partial charge in [-0.05, 0) is 37.1 Å². The minimum atomic E-state index is -0.248. The van der Waals surface area contributed by atoms with Gasteiger partial charge in [0.15, 0.2) is 0 Å². The second kappa shape index (κ2) is 7.06. The van der Waals surface area contributed by atoms with Crippen LogP contribution in [0.5, 0.6) is 0 Å². The number of nitrogens with one attached hydrogen (secondary N) is 2. The second-order valence-electron chi connectivity index (χ2n) is 5.68. The summed E-state index contributed by atoms with van der Waals surface area (Å²) in [6, 6.07) is 3.92. The van der Waals surface area contributed by atoms with Crippen molar-refractivity contribution < 1.29 is 9.90 Å². The lowest BCUT2D eigenvalue weighted by Gasteiger charge is -2.37. The van der Waals surface area contributed by atoms with Crippen LogP contribution >= 0.6 is 11.3 Å². The molecule has 0 aliphatic heterocycles. The number of aromatic nitrogens is 2. The Morgan fingerprint density at radius 3 is 2.74 bits per heavy atom. The highest BCUT2D eigenvalue weighted by Gasteiger charge is 2.36. The van der Waals surface area contributed by atoms with Crippen LogP contribution in [0.4, 0.5) is 5.95 Å². The zero-order valence-electron chi connectivity index (χ0n) is 12.9. The summed E-state index contributed by atoms with van der Waals surface area (Å²) in [5, 5.41) is 17.6. The van der Waals surface area contributed by atoms with Gasteiger partial charge in [-0.15, -0.1) is 11.3 Å². The van der Waals surface area contributed by atoms with Crippen molar-refractivity contribution >= 4 is 23.2 Å². The van der Waals surface area contributed by atoms with Crippen LogP contribution < -0.4 is 10.6 Å². The van der Waals surface area contributed by atoms with E-state index in [-0.39, 0.29) is 24.0 Å². The monoisotopic (exact) mass is 332 g/mol. The molecule has 6 nitrogen and oxygen atoms in total. The van der Waals surface area contributed by atoms with E-state index in [0.717, 1.165) is 24.3 Å². The van der Waals surface area contributed by atoms with Gasteiger partial charge < -0.3 is 15.7 Å². The maximum Gasteiger partial charge on any atom is 0.254 e. The molecule has 0 radical (unpaired) electrons. The third kappa shape index (κ3) is 3.68. The third-order valence-electron chi connectivity index (χ3n) is 4.01. The zero-order chi connectivity index (χ0) is 16.2. The molecule has 0 unspecified atom stereocenters. The zero-order valence-corrected chi connectivity index (χ0v) is 13.7. The first-order valence-electron chi connectivity index (χ1n) is 7.75. The van der Waals surface area contributed by atoms with Crippen LogP contribution in [0, 0.1) is 5.92 Å². The molecule has 2 aromatic rings. The Hall–Kier alpha value is -1.99. The summed E-state index contributed by atoms with van der Waals surface area (Å²) in [7, 11) is 0. The molecule has 2 heterocycles. The summed E-state index contributed by atoms with van der Waals surface area (Å²) in [6.07, 6.45) is 4.25. The summed E-state index contributed by atoms with van der Waals surface area (Å²) in [4.78, 5) is 21.8. The molecule has 1 amide bonds. The van der Waals surface area contributed by atoms with E-state index in [4.69, 9.17) is 0 Å². The standard InChI is InChI=1S/C16H20N4O2S/c1-2-17-16-18-8-11(9-19-16)15(22)20-14(10-6-12(21)7-10)13-4-3-5-23-13/h3-5,8-10,12,14,21H,2,6-7H2,1H3,(H,20,22)(H,17,18,19)/t10?,12?,14-/m0/s1. The molecule has 0 aromatic carbocycles. The smallest absolute Gasteiger partial charge is 0.254 e. The predicted molar refractivity (Wildman–Crippen MR) is 89.5 cm³/mol. The average molecular weight is 332 g/mol. The fourth-order valence-corrected chi connectivity index (χ4v) is 3.58. The van der Waals surface area contributed by atoms with Crippen molar-refractivity contribution in [2.75, 3.05) is 11.9 Å². The molecule has 3 rings (SSSR count). The first-order chi connectivity index (χ1) is 11.2.